The molecule has 94 valence electrons. The van der Waals surface area contributed by atoms with E-state index >= 15 is 0 Å². The summed E-state index contributed by atoms with van der Waals surface area (Å²) in [4.78, 5) is 5.08. The Morgan fingerprint density at radius 1 is 1.31 bits per heavy atom. The first-order chi connectivity index (χ1) is 7.65. The van der Waals surface area contributed by atoms with E-state index in [2.05, 4.69) is 23.8 Å². The van der Waals surface area contributed by atoms with E-state index in [4.69, 9.17) is 5.73 Å². The number of nitrogens with zero attached hydrogens (tertiary/aromatic N) is 2. The lowest BCUT2D eigenvalue weighted by molar-refractivity contribution is 0.0669. The molecule has 1 saturated carbocycles. The second kappa shape index (κ2) is 5.03. The summed E-state index contributed by atoms with van der Waals surface area (Å²) in [6.45, 7) is 8.18. The maximum Gasteiger partial charge on any atom is 0.0192 e. The van der Waals surface area contributed by atoms with Crippen LogP contribution in [-0.4, -0.2) is 55.6 Å². The highest BCUT2D eigenvalue weighted by atomic mass is 15.3. The van der Waals surface area contributed by atoms with E-state index in [0.717, 1.165) is 6.54 Å². The average Bonchev–Trinajstić information content (AvgIpc) is 2.22. The molecule has 0 bridgehead atoms. The van der Waals surface area contributed by atoms with Gasteiger partial charge in [-0.25, -0.2) is 0 Å². The van der Waals surface area contributed by atoms with Gasteiger partial charge >= 0.3 is 0 Å². The topological polar surface area (TPSA) is 32.5 Å². The van der Waals surface area contributed by atoms with Crippen molar-refractivity contribution in [1.29, 1.82) is 0 Å². The van der Waals surface area contributed by atoms with Gasteiger partial charge < -0.3 is 15.5 Å². The molecule has 0 aromatic heterocycles. The third-order valence-corrected chi connectivity index (χ3v) is 4.85. The number of likely N-dealkylation sites (N-methyl/N-ethyl adjacent to an activating group) is 1. The maximum absolute atomic E-state index is 5.91. The first-order valence-corrected chi connectivity index (χ1v) is 6.78. The molecule has 0 spiro atoms. The van der Waals surface area contributed by atoms with E-state index in [1.165, 1.54) is 51.9 Å². The van der Waals surface area contributed by atoms with E-state index in [-0.39, 0.29) is 0 Å². The van der Waals surface area contributed by atoms with Crippen LogP contribution in [0, 0.1) is 5.41 Å². The van der Waals surface area contributed by atoms with Crippen LogP contribution in [0.5, 0.6) is 0 Å². The third kappa shape index (κ3) is 2.58. The van der Waals surface area contributed by atoms with E-state index in [1.807, 2.05) is 0 Å². The predicted molar refractivity (Wildman–Crippen MR) is 68.5 cm³/mol. The highest BCUT2D eigenvalue weighted by Crippen LogP contribution is 2.42. The van der Waals surface area contributed by atoms with Crippen molar-refractivity contribution >= 4 is 0 Å². The second-order valence-corrected chi connectivity index (χ2v) is 5.94. The molecule has 1 aliphatic heterocycles. The Morgan fingerprint density at radius 3 is 2.56 bits per heavy atom. The zero-order valence-electron chi connectivity index (χ0n) is 10.9. The zero-order chi connectivity index (χ0) is 11.6. The first kappa shape index (κ1) is 12.3. The van der Waals surface area contributed by atoms with Crippen molar-refractivity contribution in [3.8, 4) is 0 Å². The van der Waals surface area contributed by atoms with Crippen LogP contribution in [0.25, 0.3) is 0 Å². The van der Waals surface area contributed by atoms with Gasteiger partial charge in [0.15, 0.2) is 0 Å². The Balaban J connectivity index is 1.74. The summed E-state index contributed by atoms with van der Waals surface area (Å²) in [6.07, 6.45) is 5.45. The fraction of sp³-hybridized carbons (Fsp3) is 1.00. The lowest BCUT2D eigenvalue weighted by atomic mass is 9.66. The van der Waals surface area contributed by atoms with Crippen molar-refractivity contribution in [2.75, 3.05) is 39.8 Å². The minimum Gasteiger partial charge on any atom is -0.330 e. The van der Waals surface area contributed by atoms with Crippen molar-refractivity contribution in [3.05, 3.63) is 0 Å². The van der Waals surface area contributed by atoms with Gasteiger partial charge in [-0.15, -0.1) is 0 Å². The molecular weight excluding hydrogens is 198 g/mol. The van der Waals surface area contributed by atoms with Gasteiger partial charge in [0.2, 0.25) is 0 Å². The van der Waals surface area contributed by atoms with Gasteiger partial charge in [-0.05, 0) is 51.7 Å². The molecule has 1 aliphatic carbocycles. The van der Waals surface area contributed by atoms with Crippen LogP contribution in [-0.2, 0) is 0 Å². The first-order valence-electron chi connectivity index (χ1n) is 6.78. The van der Waals surface area contributed by atoms with Crippen molar-refractivity contribution in [3.63, 3.8) is 0 Å². The highest BCUT2D eigenvalue weighted by Gasteiger charge is 2.35. The van der Waals surface area contributed by atoms with E-state index in [9.17, 15) is 0 Å². The molecule has 0 radical (unpaired) electrons. The fourth-order valence-corrected chi connectivity index (χ4v) is 2.96. The molecule has 2 rings (SSSR count). The normalized spacial score (nSPS) is 31.3. The van der Waals surface area contributed by atoms with E-state index in [1.54, 1.807) is 0 Å². The van der Waals surface area contributed by atoms with Crippen LogP contribution in [0.2, 0.25) is 0 Å². The molecule has 2 fully saturated rings. The van der Waals surface area contributed by atoms with Gasteiger partial charge in [0.05, 0.1) is 0 Å². The molecule has 1 atom stereocenters. The molecule has 1 unspecified atom stereocenters. The summed E-state index contributed by atoms with van der Waals surface area (Å²) in [6, 6.07) is 0.712. The molecule has 0 amide bonds. The molecule has 2 aliphatic rings. The van der Waals surface area contributed by atoms with Crippen LogP contribution in [0.15, 0.2) is 0 Å². The van der Waals surface area contributed by atoms with Crippen LogP contribution in [0.4, 0.5) is 0 Å². The monoisotopic (exact) mass is 225 g/mol. The molecule has 0 aromatic carbocycles. The summed E-state index contributed by atoms with van der Waals surface area (Å²) in [5.41, 5.74) is 6.43. The number of hydrogen-bond donors (Lipinski definition) is 1. The molecule has 2 N–H and O–H groups in total. The largest absolute Gasteiger partial charge is 0.330 e. The van der Waals surface area contributed by atoms with Crippen molar-refractivity contribution in [2.24, 2.45) is 11.1 Å². The van der Waals surface area contributed by atoms with Crippen molar-refractivity contribution in [2.45, 2.75) is 38.6 Å². The summed E-state index contributed by atoms with van der Waals surface area (Å²) in [5.74, 6) is 0. The lowest BCUT2D eigenvalue weighted by Crippen LogP contribution is -2.51. The summed E-state index contributed by atoms with van der Waals surface area (Å²) < 4.78 is 0. The average molecular weight is 225 g/mol. The minimum absolute atomic E-state index is 0.520. The van der Waals surface area contributed by atoms with Crippen molar-refractivity contribution in [1.82, 2.24) is 9.80 Å². The van der Waals surface area contributed by atoms with Gasteiger partial charge in [-0.3, -0.25) is 0 Å². The number of rotatable bonds is 4. The van der Waals surface area contributed by atoms with Crippen LogP contribution in [0.3, 0.4) is 0 Å². The van der Waals surface area contributed by atoms with Gasteiger partial charge in [-0.2, -0.15) is 0 Å². The Bertz CT molecular complexity index is 220. The minimum atomic E-state index is 0.520. The van der Waals surface area contributed by atoms with Crippen LogP contribution in [0.1, 0.15) is 32.6 Å². The highest BCUT2D eigenvalue weighted by molar-refractivity contribution is 4.90. The summed E-state index contributed by atoms with van der Waals surface area (Å²) >= 11 is 0. The molecule has 1 heterocycles. The van der Waals surface area contributed by atoms with Crippen LogP contribution < -0.4 is 5.73 Å². The maximum atomic E-state index is 5.91. The predicted octanol–water partition coefficient (Wildman–Crippen LogP) is 1.14. The third-order valence-electron chi connectivity index (χ3n) is 4.85. The quantitative estimate of drug-likeness (QED) is 0.779. The second-order valence-electron chi connectivity index (χ2n) is 5.94. The number of piperazine rings is 1. The Labute approximate surface area is 100.0 Å². The van der Waals surface area contributed by atoms with E-state index in [0.29, 0.717) is 11.5 Å². The Morgan fingerprint density at radius 2 is 2.06 bits per heavy atom. The summed E-state index contributed by atoms with van der Waals surface area (Å²) in [7, 11) is 2.23. The molecule has 16 heavy (non-hydrogen) atoms. The van der Waals surface area contributed by atoms with Gasteiger partial charge in [0.25, 0.3) is 0 Å². The van der Waals surface area contributed by atoms with Crippen molar-refractivity contribution < 1.29 is 0 Å². The Kier molecular flexibility index (Phi) is 3.88. The summed E-state index contributed by atoms with van der Waals surface area (Å²) in [5, 5.41) is 0. The molecular formula is C13H27N3. The van der Waals surface area contributed by atoms with Gasteiger partial charge in [-0.1, -0.05) is 6.42 Å². The zero-order valence-corrected chi connectivity index (χ0v) is 10.9. The van der Waals surface area contributed by atoms with Crippen LogP contribution >= 0.6 is 0 Å². The smallest absolute Gasteiger partial charge is 0.0192 e. The SMILES string of the molecule is CC1CN(CCC2(CN)CCC2)CCN1C. The fourth-order valence-electron chi connectivity index (χ4n) is 2.96. The molecule has 3 nitrogen and oxygen atoms in total. The molecule has 1 saturated heterocycles. The Hall–Kier alpha value is -0.120. The van der Waals surface area contributed by atoms with Gasteiger partial charge in [0.1, 0.15) is 0 Å². The van der Waals surface area contributed by atoms with E-state index < -0.39 is 0 Å². The molecule has 3 heteroatoms. The molecule has 0 aromatic rings. The standard InChI is InChI=1S/C13H27N3/c1-12-10-16(9-8-15(12)2)7-6-13(11-14)4-3-5-13/h12H,3-11,14H2,1-2H3. The van der Waals surface area contributed by atoms with Gasteiger partial charge in [0, 0.05) is 25.7 Å². The number of nitrogens with two attached hydrogens (primary N) is 1. The lowest BCUT2D eigenvalue weighted by Gasteiger charge is -2.44. The number of hydrogen-bond acceptors (Lipinski definition) is 3.